The molecule has 0 spiro atoms. The summed E-state index contributed by atoms with van der Waals surface area (Å²) in [5, 5.41) is 0. The molecule has 0 fully saturated rings. The molecule has 2 radical (unpaired) electrons. The van der Waals surface area contributed by atoms with Crippen molar-refractivity contribution in [1.29, 1.82) is 0 Å². The average molecular weight is 347 g/mol. The first-order chi connectivity index (χ1) is 12.2. The van der Waals surface area contributed by atoms with E-state index < -0.39 is 0 Å². The Labute approximate surface area is 160 Å². The summed E-state index contributed by atoms with van der Waals surface area (Å²) in [6.45, 7) is 12.6. The highest BCUT2D eigenvalue weighted by atomic mass is 14.2. The third kappa shape index (κ3) is 18.2. The van der Waals surface area contributed by atoms with Gasteiger partial charge < -0.3 is 0 Å². The molecule has 0 N–H and O–H groups in total. The Balaban J connectivity index is 3.52. The summed E-state index contributed by atoms with van der Waals surface area (Å²) in [6.07, 6.45) is 22.3. The van der Waals surface area contributed by atoms with E-state index in [1.165, 1.54) is 83.5 Å². The molecular formula is C25H46. The van der Waals surface area contributed by atoms with Gasteiger partial charge in [0.15, 0.2) is 0 Å². The maximum Gasteiger partial charge on any atom is 0.00886 e. The van der Waals surface area contributed by atoms with Crippen molar-refractivity contribution in [3.05, 3.63) is 13.8 Å². The number of unbranched alkanes of at least 4 members (excludes halogenated alkanes) is 12. The molecule has 0 aromatic carbocycles. The van der Waals surface area contributed by atoms with Gasteiger partial charge in [0.2, 0.25) is 0 Å². The smallest absolute Gasteiger partial charge is 0.00886 e. The molecule has 0 saturated heterocycles. The normalized spacial score (nSPS) is 12.2. The van der Waals surface area contributed by atoms with Crippen molar-refractivity contribution in [1.82, 2.24) is 0 Å². The van der Waals surface area contributed by atoms with E-state index in [1.54, 1.807) is 0 Å². The maximum atomic E-state index is 3.92. The molecule has 146 valence electrons. The molecule has 0 aromatic rings. The first kappa shape index (κ1) is 24.6. The zero-order valence-corrected chi connectivity index (χ0v) is 17.6. The van der Waals surface area contributed by atoms with Crippen LogP contribution in [0.15, 0.2) is 0 Å². The van der Waals surface area contributed by atoms with E-state index in [2.05, 4.69) is 39.5 Å². The molecule has 0 bridgehead atoms. The van der Waals surface area contributed by atoms with Gasteiger partial charge in [0, 0.05) is 12.8 Å². The average Bonchev–Trinajstić information content (AvgIpc) is 2.60. The van der Waals surface area contributed by atoms with Crippen LogP contribution in [0.1, 0.15) is 123 Å². The van der Waals surface area contributed by atoms with E-state index in [0.29, 0.717) is 0 Å². The van der Waals surface area contributed by atoms with E-state index in [-0.39, 0.29) is 0 Å². The summed E-state index contributed by atoms with van der Waals surface area (Å²) in [7, 11) is 0. The minimum atomic E-state index is 0.856. The van der Waals surface area contributed by atoms with Gasteiger partial charge in [-0.25, -0.2) is 0 Å². The molecular weight excluding hydrogens is 300 g/mol. The van der Waals surface area contributed by atoms with Crippen LogP contribution in [-0.2, 0) is 0 Å². The third-order valence-electron chi connectivity index (χ3n) is 5.32. The Bertz CT molecular complexity index is 304. The largest absolute Gasteiger partial charge is 0.103 e. The zero-order valence-electron chi connectivity index (χ0n) is 17.6. The molecule has 1 atom stereocenters. The Hall–Kier alpha value is -0.440. The van der Waals surface area contributed by atoms with Crippen LogP contribution in [0, 0.1) is 37.5 Å². The van der Waals surface area contributed by atoms with Gasteiger partial charge in [-0.1, -0.05) is 111 Å². The fraction of sp³-hybridized carbons (Fsp3) is 0.840. The van der Waals surface area contributed by atoms with E-state index in [0.717, 1.165) is 37.5 Å². The second-order valence-corrected chi connectivity index (χ2v) is 8.03. The van der Waals surface area contributed by atoms with Crippen molar-refractivity contribution in [3.63, 3.8) is 0 Å². The molecule has 0 aliphatic heterocycles. The fourth-order valence-corrected chi connectivity index (χ4v) is 3.52. The third-order valence-corrected chi connectivity index (χ3v) is 5.32. The van der Waals surface area contributed by atoms with Crippen molar-refractivity contribution in [2.75, 3.05) is 0 Å². The quantitative estimate of drug-likeness (QED) is 0.183. The number of hydrogen-bond acceptors (Lipinski definition) is 0. The van der Waals surface area contributed by atoms with Gasteiger partial charge in [-0.05, 0) is 24.7 Å². The second-order valence-electron chi connectivity index (χ2n) is 8.03. The van der Waals surface area contributed by atoms with Crippen LogP contribution in [0.2, 0.25) is 0 Å². The lowest BCUT2D eigenvalue weighted by atomic mass is 9.85. The lowest BCUT2D eigenvalue weighted by Gasteiger charge is -2.20. The summed E-state index contributed by atoms with van der Waals surface area (Å²) < 4.78 is 0. The van der Waals surface area contributed by atoms with Crippen LogP contribution >= 0.6 is 0 Å². The SMILES string of the molecule is [CH2]CCC#CCCCCCCCC(CCCCCCCC[CH2])C(C)C. The van der Waals surface area contributed by atoms with Crippen LogP contribution in [0.5, 0.6) is 0 Å². The van der Waals surface area contributed by atoms with Gasteiger partial charge in [0.1, 0.15) is 0 Å². The summed E-state index contributed by atoms with van der Waals surface area (Å²) in [5.41, 5.74) is 0. The van der Waals surface area contributed by atoms with Crippen LogP contribution < -0.4 is 0 Å². The van der Waals surface area contributed by atoms with Crippen molar-refractivity contribution in [2.24, 2.45) is 11.8 Å². The van der Waals surface area contributed by atoms with Gasteiger partial charge in [0.25, 0.3) is 0 Å². The van der Waals surface area contributed by atoms with Gasteiger partial charge >= 0.3 is 0 Å². The Morgan fingerprint density at radius 1 is 0.560 bits per heavy atom. The van der Waals surface area contributed by atoms with Crippen molar-refractivity contribution >= 4 is 0 Å². The molecule has 1 unspecified atom stereocenters. The Morgan fingerprint density at radius 2 is 1.04 bits per heavy atom. The molecule has 0 aliphatic rings. The predicted molar refractivity (Wildman–Crippen MR) is 115 cm³/mol. The number of rotatable bonds is 17. The maximum absolute atomic E-state index is 3.92. The molecule has 0 aromatic heterocycles. The molecule has 0 nitrogen and oxygen atoms in total. The van der Waals surface area contributed by atoms with Crippen LogP contribution in [-0.4, -0.2) is 0 Å². The van der Waals surface area contributed by atoms with Crippen molar-refractivity contribution in [3.8, 4) is 11.8 Å². The fourth-order valence-electron chi connectivity index (χ4n) is 3.52. The summed E-state index contributed by atoms with van der Waals surface area (Å²) >= 11 is 0. The lowest BCUT2D eigenvalue weighted by molar-refractivity contribution is 0.313. The van der Waals surface area contributed by atoms with Crippen LogP contribution in [0.3, 0.4) is 0 Å². The minimum Gasteiger partial charge on any atom is -0.103 e. The first-order valence-corrected chi connectivity index (χ1v) is 11.3. The summed E-state index contributed by atoms with van der Waals surface area (Å²) in [4.78, 5) is 0. The van der Waals surface area contributed by atoms with Gasteiger partial charge in [-0.2, -0.15) is 0 Å². The lowest BCUT2D eigenvalue weighted by Crippen LogP contribution is -2.08. The van der Waals surface area contributed by atoms with E-state index in [4.69, 9.17) is 0 Å². The first-order valence-electron chi connectivity index (χ1n) is 11.3. The minimum absolute atomic E-state index is 0.856. The second kappa shape index (κ2) is 19.9. The van der Waals surface area contributed by atoms with Gasteiger partial charge in [-0.15, -0.1) is 11.8 Å². The molecule has 25 heavy (non-hydrogen) atoms. The molecule has 0 heteroatoms. The predicted octanol–water partition coefficient (Wildman–Crippen LogP) is 8.56. The Morgan fingerprint density at radius 3 is 1.56 bits per heavy atom. The monoisotopic (exact) mass is 346 g/mol. The molecule has 0 aliphatic carbocycles. The summed E-state index contributed by atoms with van der Waals surface area (Å²) in [6, 6.07) is 0. The number of hydrogen-bond donors (Lipinski definition) is 0. The van der Waals surface area contributed by atoms with E-state index in [9.17, 15) is 0 Å². The summed E-state index contributed by atoms with van der Waals surface area (Å²) in [5.74, 6) is 8.26. The zero-order chi connectivity index (χ0) is 18.6. The van der Waals surface area contributed by atoms with Crippen LogP contribution in [0.25, 0.3) is 0 Å². The molecule has 0 amide bonds. The molecule has 0 rings (SSSR count). The Kier molecular flexibility index (Phi) is 19.5. The van der Waals surface area contributed by atoms with Crippen molar-refractivity contribution in [2.45, 2.75) is 123 Å². The molecule has 0 saturated carbocycles. The van der Waals surface area contributed by atoms with Crippen molar-refractivity contribution < 1.29 is 0 Å². The van der Waals surface area contributed by atoms with Gasteiger partial charge in [0.05, 0.1) is 0 Å². The standard InChI is InChI=1S/C25H46/c1-5-7-9-11-13-14-15-17-19-21-23-25(24(3)4)22-20-18-16-12-10-8-6-2/h24-25H,1-2,5-8,10,12-23H2,3-4H3. The highest BCUT2D eigenvalue weighted by Crippen LogP contribution is 2.25. The highest BCUT2D eigenvalue weighted by molar-refractivity contribution is 4.98. The van der Waals surface area contributed by atoms with Gasteiger partial charge in [-0.3, -0.25) is 0 Å². The van der Waals surface area contributed by atoms with E-state index in [1.807, 2.05) is 0 Å². The molecule has 0 heterocycles. The topological polar surface area (TPSA) is 0 Å². The highest BCUT2D eigenvalue weighted by Gasteiger charge is 2.12. The van der Waals surface area contributed by atoms with E-state index >= 15 is 0 Å². The van der Waals surface area contributed by atoms with Crippen LogP contribution in [0.4, 0.5) is 0 Å².